The van der Waals surface area contributed by atoms with Crippen LogP contribution in [0.3, 0.4) is 0 Å². The number of nitro benzene ring substituents is 1. The number of non-ortho nitro benzene ring substituents is 1. The second kappa shape index (κ2) is 8.30. The quantitative estimate of drug-likeness (QED) is 0.485. The molecule has 0 spiro atoms. The van der Waals surface area contributed by atoms with E-state index >= 15 is 0 Å². The molecule has 3 aromatic carbocycles. The number of hydrogen-bond acceptors (Lipinski definition) is 4. The van der Waals surface area contributed by atoms with Crippen molar-refractivity contribution < 1.29 is 19.6 Å². The Morgan fingerprint density at radius 2 is 1.61 bits per heavy atom. The molecular formula is C21H18N2O5. The lowest BCUT2D eigenvalue weighted by Crippen LogP contribution is -2.43. The first-order valence-electron chi connectivity index (χ1n) is 8.65. The molecule has 0 heterocycles. The maximum atomic E-state index is 12.3. The summed E-state index contributed by atoms with van der Waals surface area (Å²) >= 11 is 0. The average molecular weight is 378 g/mol. The highest BCUT2D eigenvalue weighted by Gasteiger charge is 2.21. The highest BCUT2D eigenvalue weighted by atomic mass is 16.6. The first-order chi connectivity index (χ1) is 13.4. The first-order valence-corrected chi connectivity index (χ1v) is 8.65. The summed E-state index contributed by atoms with van der Waals surface area (Å²) in [6.07, 6.45) is 0.103. The summed E-state index contributed by atoms with van der Waals surface area (Å²) in [5.74, 6) is -1.56. The molecule has 1 atom stereocenters. The summed E-state index contributed by atoms with van der Waals surface area (Å²) in [5.41, 5.74) is 1.30. The smallest absolute Gasteiger partial charge is 0.326 e. The van der Waals surface area contributed by atoms with Gasteiger partial charge in [-0.1, -0.05) is 54.6 Å². The number of rotatable bonds is 7. The molecule has 3 rings (SSSR count). The van der Waals surface area contributed by atoms with Gasteiger partial charge in [-0.15, -0.1) is 0 Å². The summed E-state index contributed by atoms with van der Waals surface area (Å²) in [5, 5.41) is 24.7. The van der Waals surface area contributed by atoms with Crippen LogP contribution in [0.2, 0.25) is 0 Å². The molecule has 7 nitrogen and oxygen atoms in total. The van der Waals surface area contributed by atoms with Gasteiger partial charge in [0.25, 0.3) is 5.69 Å². The second-order valence-electron chi connectivity index (χ2n) is 6.44. The van der Waals surface area contributed by atoms with Gasteiger partial charge in [0.15, 0.2) is 0 Å². The molecule has 0 aliphatic heterocycles. The fourth-order valence-corrected chi connectivity index (χ4v) is 2.97. The first kappa shape index (κ1) is 19.0. The Balaban J connectivity index is 1.66. The Labute approximate surface area is 160 Å². The minimum absolute atomic E-state index is 0.0385. The van der Waals surface area contributed by atoms with Crippen molar-refractivity contribution in [1.29, 1.82) is 0 Å². The standard InChI is InChI=1S/C21H18N2O5/c24-20(13-15-5-8-16-3-1-2-4-17(16)11-15)22-19(21(25)26)12-14-6-9-18(10-7-14)23(27)28/h1-11,19H,12-13H2,(H,22,24)(H,25,26)/t19-/m1/s1. The number of aliphatic carboxylic acids is 1. The number of carbonyl (C=O) groups is 2. The third-order valence-corrected chi connectivity index (χ3v) is 4.40. The summed E-state index contributed by atoms with van der Waals surface area (Å²) in [7, 11) is 0. The predicted molar refractivity (Wildman–Crippen MR) is 104 cm³/mol. The zero-order valence-electron chi connectivity index (χ0n) is 14.9. The van der Waals surface area contributed by atoms with Crippen molar-refractivity contribution in [1.82, 2.24) is 5.32 Å². The topological polar surface area (TPSA) is 110 Å². The van der Waals surface area contributed by atoms with Crippen molar-refractivity contribution in [3.8, 4) is 0 Å². The van der Waals surface area contributed by atoms with E-state index in [-0.39, 0.29) is 18.5 Å². The largest absolute Gasteiger partial charge is 0.480 e. The number of fused-ring (bicyclic) bond motifs is 1. The van der Waals surface area contributed by atoms with E-state index in [2.05, 4.69) is 5.32 Å². The van der Waals surface area contributed by atoms with E-state index in [1.165, 1.54) is 24.3 Å². The van der Waals surface area contributed by atoms with Crippen LogP contribution in [-0.2, 0) is 22.4 Å². The van der Waals surface area contributed by atoms with E-state index in [1.807, 2.05) is 42.5 Å². The molecule has 7 heteroatoms. The number of nitro groups is 1. The zero-order valence-corrected chi connectivity index (χ0v) is 14.9. The Morgan fingerprint density at radius 1 is 0.964 bits per heavy atom. The molecule has 0 saturated heterocycles. The minimum Gasteiger partial charge on any atom is -0.480 e. The number of hydrogen-bond donors (Lipinski definition) is 2. The molecule has 142 valence electrons. The Hall–Kier alpha value is -3.74. The summed E-state index contributed by atoms with van der Waals surface area (Å²) < 4.78 is 0. The van der Waals surface area contributed by atoms with E-state index in [0.717, 1.165) is 16.3 Å². The number of amides is 1. The van der Waals surface area contributed by atoms with Crippen LogP contribution in [0.5, 0.6) is 0 Å². The van der Waals surface area contributed by atoms with Crippen molar-refractivity contribution in [2.24, 2.45) is 0 Å². The van der Waals surface area contributed by atoms with Gasteiger partial charge in [-0.2, -0.15) is 0 Å². The highest BCUT2D eigenvalue weighted by Crippen LogP contribution is 2.16. The van der Waals surface area contributed by atoms with Gasteiger partial charge in [0.1, 0.15) is 6.04 Å². The number of nitrogens with one attached hydrogen (secondary N) is 1. The molecule has 2 N–H and O–H groups in total. The van der Waals surface area contributed by atoms with Crippen LogP contribution in [0, 0.1) is 10.1 Å². The molecule has 0 aliphatic rings. The van der Waals surface area contributed by atoms with E-state index in [1.54, 1.807) is 0 Å². The molecule has 0 aromatic heterocycles. The van der Waals surface area contributed by atoms with Gasteiger partial charge in [0.2, 0.25) is 5.91 Å². The maximum absolute atomic E-state index is 12.3. The average Bonchev–Trinajstić information content (AvgIpc) is 2.67. The zero-order chi connectivity index (χ0) is 20.1. The SMILES string of the molecule is O=C(Cc1ccc2ccccc2c1)N[C@H](Cc1ccc([N+](=O)[O-])cc1)C(=O)O. The van der Waals surface area contributed by atoms with Crippen LogP contribution in [-0.4, -0.2) is 27.9 Å². The molecular weight excluding hydrogens is 360 g/mol. The molecule has 28 heavy (non-hydrogen) atoms. The fourth-order valence-electron chi connectivity index (χ4n) is 2.97. The summed E-state index contributed by atoms with van der Waals surface area (Å²) in [6.45, 7) is 0. The van der Waals surface area contributed by atoms with Crippen molar-refractivity contribution in [2.75, 3.05) is 0 Å². The predicted octanol–water partition coefficient (Wildman–Crippen LogP) is 3.10. The van der Waals surface area contributed by atoms with Gasteiger partial charge >= 0.3 is 5.97 Å². The molecule has 0 unspecified atom stereocenters. The molecule has 0 aliphatic carbocycles. The van der Waals surface area contributed by atoms with E-state index in [4.69, 9.17) is 0 Å². The Bertz CT molecular complexity index is 1030. The van der Waals surface area contributed by atoms with E-state index < -0.39 is 22.8 Å². The summed E-state index contributed by atoms with van der Waals surface area (Å²) in [4.78, 5) is 34.0. The van der Waals surface area contributed by atoms with E-state index in [9.17, 15) is 24.8 Å². The van der Waals surface area contributed by atoms with Crippen molar-refractivity contribution in [3.05, 3.63) is 88.0 Å². The third-order valence-electron chi connectivity index (χ3n) is 4.40. The number of carbonyl (C=O) groups excluding carboxylic acids is 1. The lowest BCUT2D eigenvalue weighted by atomic mass is 10.0. The maximum Gasteiger partial charge on any atom is 0.326 e. The minimum atomic E-state index is -1.16. The Kier molecular flexibility index (Phi) is 5.64. The van der Waals surface area contributed by atoms with Gasteiger partial charge in [0, 0.05) is 18.6 Å². The van der Waals surface area contributed by atoms with Gasteiger partial charge in [-0.3, -0.25) is 14.9 Å². The number of benzene rings is 3. The fraction of sp³-hybridized carbons (Fsp3) is 0.143. The molecule has 0 radical (unpaired) electrons. The molecule has 0 bridgehead atoms. The van der Waals surface area contributed by atoms with Crippen LogP contribution in [0.1, 0.15) is 11.1 Å². The van der Waals surface area contributed by atoms with Gasteiger partial charge in [0.05, 0.1) is 11.3 Å². The monoisotopic (exact) mass is 378 g/mol. The van der Waals surface area contributed by atoms with Crippen molar-refractivity contribution in [2.45, 2.75) is 18.9 Å². The molecule has 0 fully saturated rings. The van der Waals surface area contributed by atoms with Crippen LogP contribution in [0.25, 0.3) is 10.8 Å². The third kappa shape index (κ3) is 4.70. The lowest BCUT2D eigenvalue weighted by Gasteiger charge is -2.15. The van der Waals surface area contributed by atoms with Crippen LogP contribution < -0.4 is 5.32 Å². The molecule has 3 aromatic rings. The normalized spacial score (nSPS) is 11.7. The van der Waals surface area contributed by atoms with Gasteiger partial charge in [-0.05, 0) is 21.9 Å². The molecule has 1 amide bonds. The Morgan fingerprint density at radius 3 is 2.25 bits per heavy atom. The van der Waals surface area contributed by atoms with Crippen molar-refractivity contribution >= 4 is 28.3 Å². The van der Waals surface area contributed by atoms with Gasteiger partial charge in [-0.25, -0.2) is 4.79 Å². The van der Waals surface area contributed by atoms with Crippen LogP contribution in [0.15, 0.2) is 66.7 Å². The van der Waals surface area contributed by atoms with Crippen molar-refractivity contribution in [3.63, 3.8) is 0 Å². The lowest BCUT2D eigenvalue weighted by molar-refractivity contribution is -0.384. The molecule has 0 saturated carbocycles. The van der Waals surface area contributed by atoms with Gasteiger partial charge < -0.3 is 10.4 Å². The number of carboxylic acids is 1. The van der Waals surface area contributed by atoms with Crippen LogP contribution >= 0.6 is 0 Å². The second-order valence-corrected chi connectivity index (χ2v) is 6.44. The number of nitrogens with zero attached hydrogens (tertiary/aromatic N) is 1. The van der Waals surface area contributed by atoms with E-state index in [0.29, 0.717) is 5.56 Å². The summed E-state index contributed by atoms with van der Waals surface area (Å²) in [6, 6.07) is 17.9. The highest BCUT2D eigenvalue weighted by molar-refractivity contribution is 5.87. The van der Waals surface area contributed by atoms with Crippen LogP contribution in [0.4, 0.5) is 5.69 Å². The number of carboxylic acid groups (broad SMARTS) is 1.